The Kier molecular flexibility index (Phi) is 3.83. The van der Waals surface area contributed by atoms with E-state index >= 15 is 0 Å². The SMILES string of the molecule is Cc1cc(C#N)nc(N2CCC(N3CCCCC3)C2)n1. The quantitative estimate of drug-likeness (QED) is 0.820. The Labute approximate surface area is 120 Å². The minimum absolute atomic E-state index is 0.467. The first-order chi connectivity index (χ1) is 9.76. The van der Waals surface area contributed by atoms with Gasteiger partial charge in [-0.05, 0) is 45.3 Å². The van der Waals surface area contributed by atoms with E-state index < -0.39 is 0 Å². The standard InChI is InChI=1S/C15H21N5/c1-12-9-13(10-16)18-15(17-12)20-8-5-14(11-20)19-6-3-2-4-7-19/h9,14H,2-8,11H2,1H3. The Bertz CT molecular complexity index is 515. The van der Waals surface area contributed by atoms with Crippen LogP contribution >= 0.6 is 0 Å². The number of aromatic nitrogens is 2. The summed E-state index contributed by atoms with van der Waals surface area (Å²) in [6.07, 6.45) is 5.21. The Morgan fingerprint density at radius 1 is 1.20 bits per heavy atom. The van der Waals surface area contributed by atoms with Crippen LogP contribution in [-0.2, 0) is 0 Å². The van der Waals surface area contributed by atoms with Crippen molar-refractivity contribution in [1.29, 1.82) is 5.26 Å². The maximum Gasteiger partial charge on any atom is 0.226 e. The Morgan fingerprint density at radius 3 is 2.75 bits per heavy atom. The fourth-order valence-corrected chi connectivity index (χ4v) is 3.26. The topological polar surface area (TPSA) is 56.1 Å². The zero-order valence-electron chi connectivity index (χ0n) is 12.0. The number of likely N-dealkylation sites (tertiary alicyclic amines) is 1. The molecule has 0 spiro atoms. The second-order valence-corrected chi connectivity index (χ2v) is 5.79. The van der Waals surface area contributed by atoms with Gasteiger partial charge in [0.1, 0.15) is 11.8 Å². The molecule has 0 saturated carbocycles. The van der Waals surface area contributed by atoms with Gasteiger partial charge in [0.2, 0.25) is 5.95 Å². The Balaban J connectivity index is 1.70. The Hall–Kier alpha value is -1.67. The van der Waals surface area contributed by atoms with Crippen LogP contribution in [0.1, 0.15) is 37.1 Å². The van der Waals surface area contributed by atoms with Gasteiger partial charge in [-0.3, -0.25) is 4.90 Å². The van der Waals surface area contributed by atoms with Gasteiger partial charge in [0.15, 0.2) is 0 Å². The monoisotopic (exact) mass is 271 g/mol. The van der Waals surface area contributed by atoms with Crippen molar-refractivity contribution >= 4 is 5.95 Å². The number of nitriles is 1. The fraction of sp³-hybridized carbons (Fsp3) is 0.667. The van der Waals surface area contributed by atoms with Crippen LogP contribution in [0.2, 0.25) is 0 Å². The maximum atomic E-state index is 9.02. The van der Waals surface area contributed by atoms with Crippen LogP contribution in [0.5, 0.6) is 0 Å². The molecule has 0 aromatic carbocycles. The van der Waals surface area contributed by atoms with Gasteiger partial charge in [0, 0.05) is 24.8 Å². The summed E-state index contributed by atoms with van der Waals surface area (Å²) in [7, 11) is 0. The molecule has 1 aromatic heterocycles. The first-order valence-electron chi connectivity index (χ1n) is 7.51. The second-order valence-electron chi connectivity index (χ2n) is 5.79. The summed E-state index contributed by atoms with van der Waals surface area (Å²) >= 11 is 0. The van der Waals surface area contributed by atoms with E-state index in [0.717, 1.165) is 24.7 Å². The number of aryl methyl sites for hydroxylation is 1. The molecule has 2 fully saturated rings. The molecule has 2 aliphatic rings. The number of anilines is 1. The van der Waals surface area contributed by atoms with Crippen molar-refractivity contribution in [2.45, 2.75) is 38.6 Å². The highest BCUT2D eigenvalue weighted by Gasteiger charge is 2.29. The molecule has 20 heavy (non-hydrogen) atoms. The molecule has 5 nitrogen and oxygen atoms in total. The predicted octanol–water partition coefficient (Wildman–Crippen LogP) is 1.72. The molecule has 3 rings (SSSR count). The fourth-order valence-electron chi connectivity index (χ4n) is 3.26. The molecule has 1 atom stereocenters. The molecule has 0 bridgehead atoms. The van der Waals surface area contributed by atoms with Gasteiger partial charge in [0.25, 0.3) is 0 Å². The lowest BCUT2D eigenvalue weighted by atomic mass is 10.1. The van der Waals surface area contributed by atoms with Crippen LogP contribution in [-0.4, -0.2) is 47.1 Å². The van der Waals surface area contributed by atoms with Crippen molar-refractivity contribution in [3.8, 4) is 6.07 Å². The molecular weight excluding hydrogens is 250 g/mol. The van der Waals surface area contributed by atoms with Crippen LogP contribution in [0, 0.1) is 18.3 Å². The van der Waals surface area contributed by atoms with Crippen molar-refractivity contribution in [3.63, 3.8) is 0 Å². The molecule has 2 saturated heterocycles. The molecule has 0 amide bonds. The third-order valence-electron chi connectivity index (χ3n) is 4.31. The van der Waals surface area contributed by atoms with Crippen LogP contribution in [0.3, 0.4) is 0 Å². The van der Waals surface area contributed by atoms with Gasteiger partial charge < -0.3 is 4.90 Å². The van der Waals surface area contributed by atoms with Crippen molar-refractivity contribution in [2.24, 2.45) is 0 Å². The average Bonchev–Trinajstić information content (AvgIpc) is 2.97. The number of hydrogen-bond donors (Lipinski definition) is 0. The first-order valence-corrected chi connectivity index (χ1v) is 7.51. The van der Waals surface area contributed by atoms with Gasteiger partial charge in [-0.2, -0.15) is 5.26 Å². The van der Waals surface area contributed by atoms with E-state index in [4.69, 9.17) is 5.26 Å². The van der Waals surface area contributed by atoms with E-state index in [-0.39, 0.29) is 0 Å². The summed E-state index contributed by atoms with van der Waals surface area (Å²) < 4.78 is 0. The van der Waals surface area contributed by atoms with E-state index in [1.165, 1.54) is 38.8 Å². The highest BCUT2D eigenvalue weighted by molar-refractivity contribution is 5.37. The molecule has 0 aliphatic carbocycles. The number of rotatable bonds is 2. The second kappa shape index (κ2) is 5.76. The van der Waals surface area contributed by atoms with Crippen LogP contribution in [0.15, 0.2) is 6.07 Å². The van der Waals surface area contributed by atoms with Crippen molar-refractivity contribution in [3.05, 3.63) is 17.5 Å². The van der Waals surface area contributed by atoms with Gasteiger partial charge in [-0.15, -0.1) is 0 Å². The zero-order valence-corrected chi connectivity index (χ0v) is 12.0. The van der Waals surface area contributed by atoms with Gasteiger partial charge in [-0.1, -0.05) is 6.42 Å². The summed E-state index contributed by atoms with van der Waals surface area (Å²) in [5.74, 6) is 0.723. The van der Waals surface area contributed by atoms with Crippen LogP contribution in [0.25, 0.3) is 0 Å². The lowest BCUT2D eigenvalue weighted by Gasteiger charge is -2.32. The molecule has 1 unspecified atom stereocenters. The minimum Gasteiger partial charge on any atom is -0.339 e. The molecule has 5 heteroatoms. The summed E-state index contributed by atoms with van der Waals surface area (Å²) in [6, 6.07) is 4.49. The third-order valence-corrected chi connectivity index (χ3v) is 4.31. The van der Waals surface area contributed by atoms with E-state index in [9.17, 15) is 0 Å². The van der Waals surface area contributed by atoms with Crippen LogP contribution < -0.4 is 4.90 Å². The summed E-state index contributed by atoms with van der Waals surface area (Å²) in [5, 5.41) is 9.02. The lowest BCUT2D eigenvalue weighted by Crippen LogP contribution is -2.41. The molecule has 1 aromatic rings. The summed E-state index contributed by atoms with van der Waals surface area (Å²) in [6.45, 7) is 6.38. The van der Waals surface area contributed by atoms with Gasteiger partial charge in [0.05, 0.1) is 0 Å². The highest BCUT2D eigenvalue weighted by atomic mass is 15.3. The molecule has 0 radical (unpaired) electrons. The van der Waals surface area contributed by atoms with Gasteiger partial charge in [-0.25, -0.2) is 9.97 Å². The maximum absolute atomic E-state index is 9.02. The predicted molar refractivity (Wildman–Crippen MR) is 77.5 cm³/mol. The number of piperidine rings is 1. The van der Waals surface area contributed by atoms with Crippen LogP contribution in [0.4, 0.5) is 5.95 Å². The number of hydrogen-bond acceptors (Lipinski definition) is 5. The molecule has 2 aliphatic heterocycles. The summed E-state index contributed by atoms with van der Waals surface area (Å²) in [4.78, 5) is 13.7. The molecule has 106 valence electrons. The van der Waals surface area contributed by atoms with E-state index in [1.54, 1.807) is 6.07 Å². The summed E-state index contributed by atoms with van der Waals surface area (Å²) in [5.41, 5.74) is 1.34. The Morgan fingerprint density at radius 2 is 2.00 bits per heavy atom. The van der Waals surface area contributed by atoms with Gasteiger partial charge >= 0.3 is 0 Å². The lowest BCUT2D eigenvalue weighted by molar-refractivity contribution is 0.174. The van der Waals surface area contributed by atoms with Crippen molar-refractivity contribution < 1.29 is 0 Å². The average molecular weight is 271 g/mol. The minimum atomic E-state index is 0.467. The largest absolute Gasteiger partial charge is 0.339 e. The van der Waals surface area contributed by atoms with Crippen molar-refractivity contribution in [1.82, 2.24) is 14.9 Å². The van der Waals surface area contributed by atoms with E-state index in [0.29, 0.717) is 11.7 Å². The van der Waals surface area contributed by atoms with E-state index in [1.807, 2.05) is 6.92 Å². The number of nitrogens with zero attached hydrogens (tertiary/aromatic N) is 5. The smallest absolute Gasteiger partial charge is 0.226 e. The highest BCUT2D eigenvalue weighted by Crippen LogP contribution is 2.23. The zero-order chi connectivity index (χ0) is 13.9. The molecule has 3 heterocycles. The molecular formula is C15H21N5. The van der Waals surface area contributed by atoms with E-state index in [2.05, 4.69) is 25.8 Å². The molecule has 0 N–H and O–H groups in total. The van der Waals surface area contributed by atoms with Crippen molar-refractivity contribution in [2.75, 3.05) is 31.1 Å². The third kappa shape index (κ3) is 2.75. The first kappa shape index (κ1) is 13.3. The normalized spacial score (nSPS) is 23.8.